The third-order valence-electron chi connectivity index (χ3n) is 6.19. The number of aromatic hydroxyl groups is 1. The van der Waals surface area contributed by atoms with E-state index in [4.69, 9.17) is 4.74 Å². The van der Waals surface area contributed by atoms with E-state index in [1.165, 1.54) is 0 Å². The molecule has 1 fully saturated rings. The van der Waals surface area contributed by atoms with Crippen molar-refractivity contribution in [3.8, 4) is 11.5 Å². The highest BCUT2D eigenvalue weighted by Gasteiger charge is 2.54. The molecule has 1 aromatic rings. The minimum Gasteiger partial charge on any atom is -0.508 e. The van der Waals surface area contributed by atoms with Gasteiger partial charge in [-0.1, -0.05) is 31.9 Å². The highest BCUT2D eigenvalue weighted by Crippen LogP contribution is 2.57. The summed E-state index contributed by atoms with van der Waals surface area (Å²) in [6, 6.07) is 1.59. The molecular weight excluding hydrogens is 344 g/mol. The lowest BCUT2D eigenvalue weighted by molar-refractivity contribution is -0.0826. The van der Waals surface area contributed by atoms with Crippen molar-refractivity contribution >= 4 is 5.97 Å². The Morgan fingerprint density at radius 2 is 2.11 bits per heavy atom. The van der Waals surface area contributed by atoms with Gasteiger partial charge in [0, 0.05) is 11.5 Å². The Kier molecular flexibility index (Phi) is 5.26. The van der Waals surface area contributed by atoms with E-state index in [1.807, 2.05) is 6.92 Å². The number of aliphatic hydroxyl groups is 1. The number of hydrogen-bond acceptors (Lipinski definition) is 4. The topological polar surface area (TPSA) is 87.0 Å². The van der Waals surface area contributed by atoms with Crippen molar-refractivity contribution in [3.05, 3.63) is 34.9 Å². The highest BCUT2D eigenvalue weighted by atomic mass is 16.5. The lowest BCUT2D eigenvalue weighted by Crippen LogP contribution is -2.50. The van der Waals surface area contributed by atoms with E-state index in [-0.39, 0.29) is 28.9 Å². The molecule has 1 aromatic carbocycles. The summed E-state index contributed by atoms with van der Waals surface area (Å²) in [7, 11) is 0. The van der Waals surface area contributed by atoms with Crippen molar-refractivity contribution in [2.75, 3.05) is 0 Å². The summed E-state index contributed by atoms with van der Waals surface area (Å²) in [6.45, 7) is 9.83. The van der Waals surface area contributed by atoms with E-state index in [0.717, 1.165) is 31.3 Å². The van der Waals surface area contributed by atoms with Gasteiger partial charge in [-0.15, -0.1) is 0 Å². The second kappa shape index (κ2) is 7.19. The Morgan fingerprint density at radius 3 is 2.70 bits per heavy atom. The number of ether oxygens (including phenoxy) is 1. The summed E-state index contributed by atoms with van der Waals surface area (Å²) in [5.74, 6) is -1.00. The first-order chi connectivity index (χ1) is 12.7. The van der Waals surface area contributed by atoms with Gasteiger partial charge in [-0.3, -0.25) is 0 Å². The maximum atomic E-state index is 12.1. The summed E-state index contributed by atoms with van der Waals surface area (Å²) >= 11 is 0. The van der Waals surface area contributed by atoms with Crippen LogP contribution in [0.4, 0.5) is 0 Å². The minimum atomic E-state index is -1.08. The molecule has 27 heavy (non-hydrogen) atoms. The van der Waals surface area contributed by atoms with E-state index in [9.17, 15) is 20.1 Å². The number of allylic oxidation sites excluding steroid dienone is 1. The molecule has 5 nitrogen and oxygen atoms in total. The van der Waals surface area contributed by atoms with Crippen LogP contribution in [0.15, 0.2) is 18.2 Å². The van der Waals surface area contributed by atoms with Gasteiger partial charge in [-0.25, -0.2) is 4.79 Å². The molecule has 1 saturated carbocycles. The van der Waals surface area contributed by atoms with Gasteiger partial charge in [0.1, 0.15) is 23.2 Å². The van der Waals surface area contributed by atoms with Crippen molar-refractivity contribution in [1.29, 1.82) is 0 Å². The third kappa shape index (κ3) is 3.33. The van der Waals surface area contributed by atoms with Crippen molar-refractivity contribution < 1.29 is 24.9 Å². The molecule has 3 rings (SSSR count). The Bertz CT molecular complexity index is 764. The fourth-order valence-corrected chi connectivity index (χ4v) is 4.75. The molecule has 5 heteroatoms. The maximum Gasteiger partial charge on any atom is 0.339 e. The molecule has 0 aromatic heterocycles. The number of carboxylic acid groups (broad SMARTS) is 1. The largest absolute Gasteiger partial charge is 0.508 e. The Morgan fingerprint density at radius 1 is 1.41 bits per heavy atom. The molecule has 0 amide bonds. The van der Waals surface area contributed by atoms with Gasteiger partial charge in [-0.2, -0.15) is 0 Å². The highest BCUT2D eigenvalue weighted by molar-refractivity contribution is 5.94. The van der Waals surface area contributed by atoms with Gasteiger partial charge in [0.05, 0.1) is 5.60 Å². The van der Waals surface area contributed by atoms with E-state index in [1.54, 1.807) is 13.0 Å². The third-order valence-corrected chi connectivity index (χ3v) is 6.19. The average molecular weight is 374 g/mol. The van der Waals surface area contributed by atoms with Crippen LogP contribution >= 0.6 is 0 Å². The number of hydrogen-bond donors (Lipinski definition) is 3. The van der Waals surface area contributed by atoms with Crippen LogP contribution in [0.3, 0.4) is 0 Å². The maximum absolute atomic E-state index is 12.1. The number of benzene rings is 1. The summed E-state index contributed by atoms with van der Waals surface area (Å²) in [4.78, 5) is 12.1. The summed E-state index contributed by atoms with van der Waals surface area (Å²) in [5.41, 5.74) is 1.12. The molecule has 0 spiro atoms. The first-order valence-electron chi connectivity index (χ1n) is 9.85. The molecule has 0 saturated heterocycles. The SMILES string of the molecule is C=C(C)C1CC[C@](C)(O)C2Oc3c(C(=O)O)c(CCCCC)cc(O)c3C12. The standard InChI is InChI=1S/C22H30O5/c1-5-6-7-8-13-11-15(23)18-17-14(12(2)3)9-10-22(4,26)20(17)27-19(18)16(13)21(24)25/h11,14,17,20,23,26H,2,5-10H2,1,3-4H3,(H,24,25)/t14?,17?,20?,22-/m0/s1. The van der Waals surface area contributed by atoms with Crippen molar-refractivity contribution in [2.24, 2.45) is 5.92 Å². The molecule has 3 unspecified atom stereocenters. The molecule has 1 aliphatic carbocycles. The number of aryl methyl sites for hydroxylation is 1. The summed E-state index contributed by atoms with van der Waals surface area (Å²) in [5, 5.41) is 31.6. The normalized spacial score (nSPS) is 29.0. The number of phenolic OH excluding ortho intramolecular Hbond substituents is 1. The number of rotatable bonds is 6. The van der Waals surface area contributed by atoms with Crippen LogP contribution in [0.25, 0.3) is 0 Å². The van der Waals surface area contributed by atoms with Gasteiger partial charge >= 0.3 is 5.97 Å². The number of carbonyl (C=O) groups is 1. The lowest BCUT2D eigenvalue weighted by atomic mass is 9.66. The van der Waals surface area contributed by atoms with Crippen molar-refractivity contribution in [3.63, 3.8) is 0 Å². The average Bonchev–Trinajstić information content (AvgIpc) is 2.96. The van der Waals surface area contributed by atoms with Gasteiger partial charge in [0.25, 0.3) is 0 Å². The lowest BCUT2D eigenvalue weighted by Gasteiger charge is -2.42. The number of fused-ring (bicyclic) bond motifs is 3. The zero-order valence-corrected chi connectivity index (χ0v) is 16.4. The Hall–Kier alpha value is -2.01. The predicted molar refractivity (Wildman–Crippen MR) is 104 cm³/mol. The van der Waals surface area contributed by atoms with Crippen molar-refractivity contribution in [1.82, 2.24) is 0 Å². The van der Waals surface area contributed by atoms with E-state index < -0.39 is 17.7 Å². The molecule has 1 aliphatic heterocycles. The van der Waals surface area contributed by atoms with Crippen LogP contribution in [0.5, 0.6) is 11.5 Å². The molecule has 0 bridgehead atoms. The molecule has 1 heterocycles. The predicted octanol–water partition coefficient (Wildman–Crippen LogP) is 4.40. The number of phenols is 1. The van der Waals surface area contributed by atoms with Crippen LogP contribution < -0.4 is 4.74 Å². The van der Waals surface area contributed by atoms with Gasteiger partial charge in [0.2, 0.25) is 0 Å². The number of unbranched alkanes of at least 4 members (excludes halogenated alkanes) is 2. The second-order valence-corrected chi connectivity index (χ2v) is 8.35. The molecule has 0 radical (unpaired) electrons. The summed E-state index contributed by atoms with van der Waals surface area (Å²) < 4.78 is 6.09. The van der Waals surface area contributed by atoms with Gasteiger partial charge in [0.15, 0.2) is 0 Å². The van der Waals surface area contributed by atoms with Gasteiger partial charge in [-0.05, 0) is 57.1 Å². The minimum absolute atomic E-state index is 0.0370. The van der Waals surface area contributed by atoms with Crippen LogP contribution in [0, 0.1) is 5.92 Å². The zero-order chi connectivity index (χ0) is 19.9. The molecule has 4 atom stereocenters. The van der Waals surface area contributed by atoms with E-state index in [2.05, 4.69) is 13.5 Å². The molecule has 2 aliphatic rings. The smallest absolute Gasteiger partial charge is 0.339 e. The molecular formula is C22H30O5. The van der Waals surface area contributed by atoms with Crippen LogP contribution in [0.1, 0.15) is 80.3 Å². The van der Waals surface area contributed by atoms with Crippen LogP contribution in [-0.4, -0.2) is 33.0 Å². The quantitative estimate of drug-likeness (QED) is 0.507. The number of aromatic carboxylic acids is 1. The Labute approximate surface area is 160 Å². The summed E-state index contributed by atoms with van der Waals surface area (Å²) in [6.07, 6.45) is 4.15. The van der Waals surface area contributed by atoms with Crippen LogP contribution in [0.2, 0.25) is 0 Å². The van der Waals surface area contributed by atoms with Crippen molar-refractivity contribution in [2.45, 2.75) is 76.9 Å². The first-order valence-corrected chi connectivity index (χ1v) is 9.85. The molecule has 148 valence electrons. The fraction of sp³-hybridized carbons (Fsp3) is 0.591. The van der Waals surface area contributed by atoms with Gasteiger partial charge < -0.3 is 20.1 Å². The molecule has 3 N–H and O–H groups in total. The second-order valence-electron chi connectivity index (χ2n) is 8.35. The van der Waals surface area contributed by atoms with E-state index in [0.29, 0.717) is 24.0 Å². The van der Waals surface area contributed by atoms with E-state index >= 15 is 0 Å². The zero-order valence-electron chi connectivity index (χ0n) is 16.4. The number of carboxylic acids is 1. The Balaban J connectivity index is 2.14. The van der Waals surface area contributed by atoms with Crippen LogP contribution in [-0.2, 0) is 6.42 Å². The first kappa shape index (κ1) is 19.7. The monoisotopic (exact) mass is 374 g/mol. The fourth-order valence-electron chi connectivity index (χ4n) is 4.75.